The number of allylic oxidation sites excluding steroid dienone is 2. The monoisotopic (exact) mass is 338 g/mol. The molecule has 2 nitrogen and oxygen atoms in total. The van der Waals surface area contributed by atoms with Crippen LogP contribution in [0.15, 0.2) is 12.2 Å². The van der Waals surface area contributed by atoms with Gasteiger partial charge in [0, 0.05) is 6.42 Å². The van der Waals surface area contributed by atoms with E-state index in [0.717, 1.165) is 19.3 Å². The molecule has 0 spiro atoms. The van der Waals surface area contributed by atoms with Crippen molar-refractivity contribution in [2.75, 3.05) is 6.61 Å². The fraction of sp³-hybridized carbons (Fsp3) is 0.864. The van der Waals surface area contributed by atoms with Crippen molar-refractivity contribution in [3.05, 3.63) is 12.2 Å². The molecule has 0 unspecified atom stereocenters. The first-order valence-corrected chi connectivity index (χ1v) is 10.6. The zero-order chi connectivity index (χ0) is 17.7. The lowest BCUT2D eigenvalue weighted by molar-refractivity contribution is -0.143. The average molecular weight is 339 g/mol. The number of hydrogen-bond acceptors (Lipinski definition) is 2. The highest BCUT2D eigenvalue weighted by Gasteiger charge is 2.01. The summed E-state index contributed by atoms with van der Waals surface area (Å²) in [5.41, 5.74) is 0. The van der Waals surface area contributed by atoms with Crippen LogP contribution in [0.1, 0.15) is 117 Å². The molecule has 0 bridgehead atoms. The van der Waals surface area contributed by atoms with Crippen molar-refractivity contribution in [2.24, 2.45) is 0 Å². The number of unbranched alkanes of at least 4 members (excludes halogenated alkanes) is 12. The fourth-order valence-electron chi connectivity index (χ4n) is 2.74. The highest BCUT2D eigenvalue weighted by atomic mass is 16.5. The van der Waals surface area contributed by atoms with Gasteiger partial charge in [-0.05, 0) is 38.5 Å². The molecule has 0 aliphatic carbocycles. The van der Waals surface area contributed by atoms with Crippen LogP contribution in [0.4, 0.5) is 0 Å². The lowest BCUT2D eigenvalue weighted by atomic mass is 10.1. The summed E-state index contributed by atoms with van der Waals surface area (Å²) in [5, 5.41) is 0. The van der Waals surface area contributed by atoms with Gasteiger partial charge in [-0.2, -0.15) is 0 Å². The predicted molar refractivity (Wildman–Crippen MR) is 105 cm³/mol. The molecule has 142 valence electrons. The Bertz CT molecular complexity index is 284. The first-order valence-electron chi connectivity index (χ1n) is 10.6. The van der Waals surface area contributed by atoms with Gasteiger partial charge in [-0.1, -0.05) is 83.8 Å². The van der Waals surface area contributed by atoms with E-state index in [9.17, 15) is 4.79 Å². The van der Waals surface area contributed by atoms with Crippen molar-refractivity contribution in [3.8, 4) is 0 Å². The molecule has 24 heavy (non-hydrogen) atoms. The number of carbonyl (C=O) groups is 1. The van der Waals surface area contributed by atoms with Gasteiger partial charge in [0.25, 0.3) is 0 Å². The zero-order valence-corrected chi connectivity index (χ0v) is 16.5. The van der Waals surface area contributed by atoms with Crippen molar-refractivity contribution in [1.82, 2.24) is 0 Å². The second-order valence-corrected chi connectivity index (χ2v) is 6.91. The number of rotatable bonds is 18. The van der Waals surface area contributed by atoms with E-state index < -0.39 is 0 Å². The molecule has 0 aliphatic rings. The second-order valence-electron chi connectivity index (χ2n) is 6.91. The summed E-state index contributed by atoms with van der Waals surface area (Å²) in [4.78, 5) is 11.4. The van der Waals surface area contributed by atoms with Crippen LogP contribution >= 0.6 is 0 Å². The molecule has 0 rings (SSSR count). The molecule has 0 atom stereocenters. The molecule has 0 radical (unpaired) electrons. The lowest BCUT2D eigenvalue weighted by Gasteiger charge is -2.04. The molecule has 0 saturated heterocycles. The SMILES string of the molecule is CCCCCC/C=C/CCCCCCCCCC(=O)OCCCC. The standard InChI is InChI=1S/C22H42O2/c1-3-5-7-8-9-10-11-12-13-14-15-16-17-18-19-20-22(23)24-21-6-4-2/h10-11H,3-9,12-21H2,1-2H3/b11-10+. The Morgan fingerprint density at radius 1 is 0.667 bits per heavy atom. The van der Waals surface area contributed by atoms with E-state index in [2.05, 4.69) is 26.0 Å². The zero-order valence-electron chi connectivity index (χ0n) is 16.5. The molecule has 0 fully saturated rings. The molecule has 0 amide bonds. The fourth-order valence-corrected chi connectivity index (χ4v) is 2.74. The minimum Gasteiger partial charge on any atom is -0.466 e. The Hall–Kier alpha value is -0.790. The number of ether oxygens (including phenoxy) is 1. The predicted octanol–water partition coefficient (Wildman–Crippen LogP) is 7.37. The lowest BCUT2D eigenvalue weighted by Crippen LogP contribution is -2.05. The molecule has 0 heterocycles. The van der Waals surface area contributed by atoms with Gasteiger partial charge in [0.15, 0.2) is 0 Å². The molecular formula is C22H42O2. The first kappa shape index (κ1) is 23.2. The van der Waals surface area contributed by atoms with Crippen LogP contribution in [0.5, 0.6) is 0 Å². The number of carbonyl (C=O) groups excluding carboxylic acids is 1. The number of esters is 1. The maximum Gasteiger partial charge on any atom is 0.305 e. The van der Waals surface area contributed by atoms with Crippen LogP contribution < -0.4 is 0 Å². The van der Waals surface area contributed by atoms with Gasteiger partial charge in [-0.15, -0.1) is 0 Å². The van der Waals surface area contributed by atoms with Crippen molar-refractivity contribution in [3.63, 3.8) is 0 Å². The molecule has 0 aromatic heterocycles. The van der Waals surface area contributed by atoms with Gasteiger partial charge in [0.2, 0.25) is 0 Å². The summed E-state index contributed by atoms with van der Waals surface area (Å²) in [5.74, 6) is -0.00932. The largest absolute Gasteiger partial charge is 0.466 e. The van der Waals surface area contributed by atoms with Gasteiger partial charge < -0.3 is 4.74 Å². The summed E-state index contributed by atoms with van der Waals surface area (Å²) in [6, 6.07) is 0. The van der Waals surface area contributed by atoms with E-state index in [0.29, 0.717) is 13.0 Å². The quantitative estimate of drug-likeness (QED) is 0.148. The van der Waals surface area contributed by atoms with Crippen molar-refractivity contribution >= 4 is 5.97 Å². The molecule has 0 saturated carbocycles. The van der Waals surface area contributed by atoms with Gasteiger partial charge in [-0.3, -0.25) is 4.79 Å². The molecule has 0 aliphatic heterocycles. The summed E-state index contributed by atoms with van der Waals surface area (Å²) in [6.07, 6.45) is 24.1. The van der Waals surface area contributed by atoms with Crippen molar-refractivity contribution < 1.29 is 9.53 Å². The normalized spacial score (nSPS) is 11.2. The van der Waals surface area contributed by atoms with Crippen LogP contribution in [-0.2, 0) is 9.53 Å². The number of hydrogen-bond donors (Lipinski definition) is 0. The summed E-state index contributed by atoms with van der Waals surface area (Å²) >= 11 is 0. The minimum absolute atomic E-state index is 0.00932. The van der Waals surface area contributed by atoms with Gasteiger partial charge in [0.05, 0.1) is 6.61 Å². The van der Waals surface area contributed by atoms with Crippen molar-refractivity contribution in [2.45, 2.75) is 117 Å². The van der Waals surface area contributed by atoms with E-state index in [1.165, 1.54) is 77.0 Å². The maximum absolute atomic E-state index is 11.4. The van der Waals surface area contributed by atoms with Crippen molar-refractivity contribution in [1.29, 1.82) is 0 Å². The molecule has 0 aromatic rings. The first-order chi connectivity index (χ1) is 11.8. The Kier molecular flexibility index (Phi) is 19.6. The summed E-state index contributed by atoms with van der Waals surface area (Å²) < 4.78 is 5.16. The highest BCUT2D eigenvalue weighted by Crippen LogP contribution is 2.11. The van der Waals surface area contributed by atoms with E-state index in [-0.39, 0.29) is 5.97 Å². The Morgan fingerprint density at radius 3 is 1.75 bits per heavy atom. The third-order valence-electron chi connectivity index (χ3n) is 4.40. The van der Waals surface area contributed by atoms with Crippen LogP contribution in [0.25, 0.3) is 0 Å². The topological polar surface area (TPSA) is 26.3 Å². The maximum atomic E-state index is 11.4. The average Bonchev–Trinajstić information content (AvgIpc) is 2.58. The smallest absolute Gasteiger partial charge is 0.305 e. The van der Waals surface area contributed by atoms with Crippen LogP contribution in [0.3, 0.4) is 0 Å². The molecule has 0 aromatic carbocycles. The molecule has 0 N–H and O–H groups in total. The summed E-state index contributed by atoms with van der Waals surface area (Å²) in [6.45, 7) is 4.97. The summed E-state index contributed by atoms with van der Waals surface area (Å²) in [7, 11) is 0. The third-order valence-corrected chi connectivity index (χ3v) is 4.40. The third kappa shape index (κ3) is 19.3. The second kappa shape index (κ2) is 20.3. The van der Waals surface area contributed by atoms with E-state index in [4.69, 9.17) is 4.74 Å². The van der Waals surface area contributed by atoms with Crippen LogP contribution in [0.2, 0.25) is 0 Å². The Labute approximate surface area is 151 Å². The van der Waals surface area contributed by atoms with Gasteiger partial charge >= 0.3 is 5.97 Å². The molecule has 2 heteroatoms. The van der Waals surface area contributed by atoms with E-state index >= 15 is 0 Å². The van der Waals surface area contributed by atoms with E-state index in [1.807, 2.05) is 0 Å². The van der Waals surface area contributed by atoms with Crippen LogP contribution in [-0.4, -0.2) is 12.6 Å². The highest BCUT2D eigenvalue weighted by molar-refractivity contribution is 5.69. The van der Waals surface area contributed by atoms with Gasteiger partial charge in [0.1, 0.15) is 0 Å². The Balaban J connectivity index is 3.14. The van der Waals surface area contributed by atoms with Crippen LogP contribution in [0, 0.1) is 0 Å². The minimum atomic E-state index is -0.00932. The van der Waals surface area contributed by atoms with Gasteiger partial charge in [-0.25, -0.2) is 0 Å². The Morgan fingerprint density at radius 2 is 1.17 bits per heavy atom. The molecular weight excluding hydrogens is 296 g/mol. The van der Waals surface area contributed by atoms with E-state index in [1.54, 1.807) is 0 Å².